The van der Waals surface area contributed by atoms with E-state index in [2.05, 4.69) is 37.4 Å². The number of aryl methyl sites for hydroxylation is 2. The maximum Gasteiger partial charge on any atom is 0.224 e. The third-order valence-electron chi connectivity index (χ3n) is 4.08. The van der Waals surface area contributed by atoms with Crippen LogP contribution in [0.1, 0.15) is 44.2 Å². The Labute approximate surface area is 121 Å². The Morgan fingerprint density at radius 2 is 1.80 bits per heavy atom. The van der Waals surface area contributed by atoms with Crippen LogP contribution in [0.5, 0.6) is 0 Å². The molecule has 1 saturated heterocycles. The number of anilines is 1. The second kappa shape index (κ2) is 7.44. The molecule has 0 aliphatic carbocycles. The van der Waals surface area contributed by atoms with Crippen LogP contribution in [0.2, 0.25) is 0 Å². The van der Waals surface area contributed by atoms with Crippen molar-refractivity contribution in [3.63, 3.8) is 0 Å². The van der Waals surface area contributed by atoms with E-state index in [1.165, 1.54) is 11.1 Å². The molecule has 0 unspecified atom stereocenters. The number of carbonyl (C=O) groups excluding carboxylic acids is 1. The number of benzene rings is 1. The summed E-state index contributed by atoms with van der Waals surface area (Å²) in [5.41, 5.74) is 3.49. The average molecular weight is 275 g/mol. The van der Waals surface area contributed by atoms with Crippen molar-refractivity contribution in [2.24, 2.45) is 5.92 Å². The molecule has 1 N–H and O–H groups in total. The molecule has 1 aliphatic rings. The molecule has 0 radical (unpaired) electrons. The fraction of sp³-hybridized carbons (Fsp3) is 0.588. The Balaban J connectivity index is 2.02. The molecule has 1 aromatic carbocycles. The maximum atomic E-state index is 12.3. The zero-order valence-electron chi connectivity index (χ0n) is 12.6. The minimum atomic E-state index is 0.146. The molecule has 0 spiro atoms. The van der Waals surface area contributed by atoms with Crippen LogP contribution in [0.15, 0.2) is 18.2 Å². The van der Waals surface area contributed by atoms with E-state index in [1.807, 2.05) is 0 Å². The van der Waals surface area contributed by atoms with Crippen molar-refractivity contribution in [3.8, 4) is 0 Å². The van der Waals surface area contributed by atoms with Gasteiger partial charge in [-0.2, -0.15) is 0 Å². The molecule has 0 bridgehead atoms. The first-order valence-corrected chi connectivity index (χ1v) is 7.73. The summed E-state index contributed by atoms with van der Waals surface area (Å²) in [4.78, 5) is 12.3. The SMILES string of the molecule is CCc1cccc(CC)c1NC(=O)CC1CCOCC1. The fourth-order valence-electron chi connectivity index (χ4n) is 2.81. The number of para-hydroxylation sites is 1. The molecular formula is C17H25NO2. The molecule has 0 atom stereocenters. The van der Waals surface area contributed by atoms with Crippen LogP contribution >= 0.6 is 0 Å². The molecule has 1 aliphatic heterocycles. The van der Waals surface area contributed by atoms with Crippen LogP contribution < -0.4 is 5.32 Å². The van der Waals surface area contributed by atoms with Gasteiger partial charge in [-0.1, -0.05) is 32.0 Å². The third kappa shape index (κ3) is 3.83. The van der Waals surface area contributed by atoms with Crippen LogP contribution in [-0.2, 0) is 22.4 Å². The summed E-state index contributed by atoms with van der Waals surface area (Å²) in [6.45, 7) is 5.85. The van der Waals surface area contributed by atoms with Gasteiger partial charge in [0.15, 0.2) is 0 Å². The van der Waals surface area contributed by atoms with Gasteiger partial charge in [-0.25, -0.2) is 0 Å². The lowest BCUT2D eigenvalue weighted by molar-refractivity contribution is -0.117. The lowest BCUT2D eigenvalue weighted by atomic mass is 9.96. The average Bonchev–Trinajstić information content (AvgIpc) is 2.48. The van der Waals surface area contributed by atoms with Gasteiger partial charge in [0.05, 0.1) is 0 Å². The summed E-state index contributed by atoms with van der Waals surface area (Å²) >= 11 is 0. The first-order chi connectivity index (χ1) is 9.74. The van der Waals surface area contributed by atoms with Gasteiger partial charge in [-0.15, -0.1) is 0 Å². The standard InChI is InChI=1S/C17H25NO2/c1-3-14-6-5-7-15(4-2)17(14)18-16(19)12-13-8-10-20-11-9-13/h5-7,13H,3-4,8-12H2,1-2H3,(H,18,19). The van der Waals surface area contributed by atoms with E-state index < -0.39 is 0 Å². The van der Waals surface area contributed by atoms with E-state index in [-0.39, 0.29) is 5.91 Å². The number of rotatable bonds is 5. The molecule has 1 heterocycles. The van der Waals surface area contributed by atoms with Gasteiger partial charge >= 0.3 is 0 Å². The largest absolute Gasteiger partial charge is 0.381 e. The Bertz CT molecular complexity index is 428. The van der Waals surface area contributed by atoms with Crippen molar-refractivity contribution in [2.75, 3.05) is 18.5 Å². The van der Waals surface area contributed by atoms with Gasteiger partial charge < -0.3 is 10.1 Å². The number of carbonyl (C=O) groups is 1. The van der Waals surface area contributed by atoms with E-state index in [9.17, 15) is 4.79 Å². The van der Waals surface area contributed by atoms with Crippen molar-refractivity contribution in [3.05, 3.63) is 29.3 Å². The van der Waals surface area contributed by atoms with Gasteiger partial charge in [0.1, 0.15) is 0 Å². The predicted molar refractivity (Wildman–Crippen MR) is 82.0 cm³/mol. The van der Waals surface area contributed by atoms with Crippen molar-refractivity contribution >= 4 is 11.6 Å². The van der Waals surface area contributed by atoms with Gasteiger partial charge in [0, 0.05) is 25.3 Å². The lowest BCUT2D eigenvalue weighted by Crippen LogP contribution is -2.23. The Kier molecular flexibility index (Phi) is 5.60. The molecule has 20 heavy (non-hydrogen) atoms. The van der Waals surface area contributed by atoms with E-state index in [0.717, 1.165) is 44.6 Å². The quantitative estimate of drug-likeness (QED) is 0.892. The first-order valence-electron chi connectivity index (χ1n) is 7.73. The highest BCUT2D eigenvalue weighted by Crippen LogP contribution is 2.24. The summed E-state index contributed by atoms with van der Waals surface area (Å²) in [7, 11) is 0. The van der Waals surface area contributed by atoms with Crippen molar-refractivity contribution in [1.29, 1.82) is 0 Å². The molecule has 1 fully saturated rings. The third-order valence-corrected chi connectivity index (χ3v) is 4.08. The second-order valence-electron chi connectivity index (χ2n) is 5.47. The molecule has 0 aromatic heterocycles. The van der Waals surface area contributed by atoms with Gasteiger partial charge in [0.25, 0.3) is 0 Å². The van der Waals surface area contributed by atoms with Crippen molar-refractivity contribution in [1.82, 2.24) is 0 Å². The van der Waals surface area contributed by atoms with E-state index in [4.69, 9.17) is 4.74 Å². The number of ether oxygens (including phenoxy) is 1. The maximum absolute atomic E-state index is 12.3. The fourth-order valence-corrected chi connectivity index (χ4v) is 2.81. The molecular weight excluding hydrogens is 250 g/mol. The number of hydrogen-bond donors (Lipinski definition) is 1. The summed E-state index contributed by atoms with van der Waals surface area (Å²) in [6, 6.07) is 6.28. The summed E-state index contributed by atoms with van der Waals surface area (Å²) < 4.78 is 5.34. The molecule has 1 amide bonds. The molecule has 1 aromatic rings. The van der Waals surface area contributed by atoms with Crippen LogP contribution in [0.4, 0.5) is 5.69 Å². The number of amides is 1. The number of hydrogen-bond acceptors (Lipinski definition) is 2. The highest BCUT2D eigenvalue weighted by Gasteiger charge is 2.18. The minimum Gasteiger partial charge on any atom is -0.381 e. The van der Waals surface area contributed by atoms with Crippen LogP contribution in [0.25, 0.3) is 0 Å². The minimum absolute atomic E-state index is 0.146. The van der Waals surface area contributed by atoms with E-state index in [0.29, 0.717) is 12.3 Å². The molecule has 3 heteroatoms. The summed E-state index contributed by atoms with van der Waals surface area (Å²) in [6.07, 6.45) is 4.51. The Morgan fingerprint density at radius 3 is 2.35 bits per heavy atom. The van der Waals surface area contributed by atoms with Crippen molar-refractivity contribution in [2.45, 2.75) is 46.0 Å². The first kappa shape index (κ1) is 15.0. The zero-order valence-corrected chi connectivity index (χ0v) is 12.6. The Hall–Kier alpha value is -1.35. The molecule has 0 saturated carbocycles. The van der Waals surface area contributed by atoms with Gasteiger partial charge in [0.2, 0.25) is 5.91 Å². The molecule has 2 rings (SSSR count). The van der Waals surface area contributed by atoms with Crippen molar-refractivity contribution < 1.29 is 9.53 Å². The van der Waals surface area contributed by atoms with E-state index in [1.54, 1.807) is 0 Å². The summed E-state index contributed by atoms with van der Waals surface area (Å²) in [5, 5.41) is 3.15. The van der Waals surface area contributed by atoms with Crippen LogP contribution in [0, 0.1) is 5.92 Å². The normalized spacial score (nSPS) is 16.1. The Morgan fingerprint density at radius 1 is 1.20 bits per heavy atom. The van der Waals surface area contributed by atoms with Gasteiger partial charge in [-0.05, 0) is 42.7 Å². The summed E-state index contributed by atoms with van der Waals surface area (Å²) in [5.74, 6) is 0.620. The predicted octanol–water partition coefficient (Wildman–Crippen LogP) is 3.57. The van der Waals surface area contributed by atoms with E-state index >= 15 is 0 Å². The van der Waals surface area contributed by atoms with Gasteiger partial charge in [-0.3, -0.25) is 4.79 Å². The van der Waals surface area contributed by atoms with Crippen LogP contribution in [-0.4, -0.2) is 19.1 Å². The zero-order chi connectivity index (χ0) is 14.4. The molecule has 3 nitrogen and oxygen atoms in total. The monoisotopic (exact) mass is 275 g/mol. The number of nitrogens with one attached hydrogen (secondary N) is 1. The molecule has 110 valence electrons. The van der Waals surface area contributed by atoms with Crippen LogP contribution in [0.3, 0.4) is 0 Å². The lowest BCUT2D eigenvalue weighted by Gasteiger charge is -2.22. The topological polar surface area (TPSA) is 38.3 Å². The smallest absolute Gasteiger partial charge is 0.224 e. The highest BCUT2D eigenvalue weighted by molar-refractivity contribution is 5.92. The second-order valence-corrected chi connectivity index (χ2v) is 5.47. The highest BCUT2D eigenvalue weighted by atomic mass is 16.5.